The van der Waals surface area contributed by atoms with Crippen LogP contribution >= 0.6 is 0 Å². The highest BCUT2D eigenvalue weighted by atomic mass is 16.1. The van der Waals surface area contributed by atoms with Gasteiger partial charge in [0.05, 0.1) is 6.20 Å². The first-order chi connectivity index (χ1) is 9.24. The third-order valence-corrected chi connectivity index (χ3v) is 3.24. The second-order valence-electron chi connectivity index (χ2n) is 4.93. The normalized spacial score (nSPS) is 10.6. The van der Waals surface area contributed by atoms with Gasteiger partial charge in [-0.3, -0.25) is 9.89 Å². The molecule has 1 rings (SSSR count). The number of H-pyrrole nitrogens is 1. The number of aromatic nitrogens is 2. The minimum absolute atomic E-state index is 0.164. The van der Waals surface area contributed by atoms with E-state index >= 15 is 0 Å². The largest absolute Gasteiger partial charge is 0.356 e. The number of rotatable bonds is 10. The highest BCUT2D eigenvalue weighted by Gasteiger charge is 2.02. The molecule has 0 aliphatic heterocycles. The van der Waals surface area contributed by atoms with E-state index in [0.717, 1.165) is 57.3 Å². The lowest BCUT2D eigenvalue weighted by molar-refractivity contribution is -0.121. The lowest BCUT2D eigenvalue weighted by Gasteiger charge is -2.05. The molecule has 19 heavy (non-hydrogen) atoms. The standard InChI is InChI=1S/C14H26N4O/c1-12-13(11-17-18-12)7-6-10-16-14(19)8-4-2-3-5-9-15/h11H,2-10,15H2,1H3,(H,16,19)(H,17,18). The van der Waals surface area contributed by atoms with Crippen LogP contribution in [0, 0.1) is 6.92 Å². The number of aromatic amines is 1. The van der Waals surface area contributed by atoms with Crippen molar-refractivity contribution >= 4 is 5.91 Å². The number of nitrogens with zero attached hydrogens (tertiary/aromatic N) is 1. The Balaban J connectivity index is 1.97. The molecular weight excluding hydrogens is 240 g/mol. The summed E-state index contributed by atoms with van der Waals surface area (Å²) in [4.78, 5) is 11.5. The fourth-order valence-electron chi connectivity index (χ4n) is 2.01. The Morgan fingerprint density at radius 1 is 1.32 bits per heavy atom. The predicted molar refractivity (Wildman–Crippen MR) is 76.8 cm³/mol. The molecule has 0 spiro atoms. The Morgan fingerprint density at radius 3 is 2.79 bits per heavy atom. The maximum atomic E-state index is 11.5. The zero-order valence-electron chi connectivity index (χ0n) is 11.9. The molecule has 1 aromatic rings. The van der Waals surface area contributed by atoms with Gasteiger partial charge in [-0.05, 0) is 44.7 Å². The first kappa shape index (κ1) is 15.7. The van der Waals surface area contributed by atoms with Crippen LogP contribution in [-0.4, -0.2) is 29.2 Å². The van der Waals surface area contributed by atoms with Crippen molar-refractivity contribution in [3.05, 3.63) is 17.5 Å². The molecule has 0 fully saturated rings. The van der Waals surface area contributed by atoms with Gasteiger partial charge in [0.25, 0.3) is 0 Å². The number of nitrogens with two attached hydrogens (primary N) is 1. The van der Waals surface area contributed by atoms with Crippen LogP contribution in [0.4, 0.5) is 0 Å². The summed E-state index contributed by atoms with van der Waals surface area (Å²) in [5.74, 6) is 0.164. The van der Waals surface area contributed by atoms with E-state index in [1.807, 2.05) is 13.1 Å². The van der Waals surface area contributed by atoms with Gasteiger partial charge in [0.1, 0.15) is 0 Å². The molecule has 0 radical (unpaired) electrons. The number of aryl methyl sites for hydroxylation is 2. The average molecular weight is 266 g/mol. The third kappa shape index (κ3) is 6.96. The molecule has 0 aliphatic carbocycles. The fraction of sp³-hybridized carbons (Fsp3) is 0.714. The molecule has 0 aromatic carbocycles. The molecule has 1 amide bonds. The van der Waals surface area contributed by atoms with E-state index in [4.69, 9.17) is 5.73 Å². The summed E-state index contributed by atoms with van der Waals surface area (Å²) in [7, 11) is 0. The summed E-state index contributed by atoms with van der Waals surface area (Å²) in [6.45, 7) is 3.51. The van der Waals surface area contributed by atoms with Crippen LogP contribution < -0.4 is 11.1 Å². The molecule has 108 valence electrons. The van der Waals surface area contributed by atoms with Crippen molar-refractivity contribution in [2.45, 2.75) is 51.9 Å². The van der Waals surface area contributed by atoms with Crippen molar-refractivity contribution in [3.8, 4) is 0 Å². The van der Waals surface area contributed by atoms with E-state index in [9.17, 15) is 4.79 Å². The summed E-state index contributed by atoms with van der Waals surface area (Å²) in [6, 6.07) is 0. The van der Waals surface area contributed by atoms with Gasteiger partial charge in [0.15, 0.2) is 0 Å². The molecule has 4 N–H and O–H groups in total. The number of carbonyl (C=O) groups is 1. The molecule has 0 aliphatic rings. The van der Waals surface area contributed by atoms with E-state index in [1.165, 1.54) is 5.56 Å². The highest BCUT2D eigenvalue weighted by Crippen LogP contribution is 2.05. The van der Waals surface area contributed by atoms with Gasteiger partial charge in [-0.25, -0.2) is 0 Å². The Kier molecular flexibility index (Phi) is 7.89. The Labute approximate surface area is 115 Å². The first-order valence-corrected chi connectivity index (χ1v) is 7.19. The second-order valence-corrected chi connectivity index (χ2v) is 4.93. The van der Waals surface area contributed by atoms with Crippen molar-refractivity contribution in [1.29, 1.82) is 0 Å². The smallest absolute Gasteiger partial charge is 0.219 e. The van der Waals surface area contributed by atoms with Gasteiger partial charge in [-0.1, -0.05) is 12.8 Å². The maximum Gasteiger partial charge on any atom is 0.219 e. The number of amides is 1. The predicted octanol–water partition coefficient (Wildman–Crippen LogP) is 1.68. The molecule has 5 nitrogen and oxygen atoms in total. The zero-order chi connectivity index (χ0) is 13.9. The molecule has 0 bridgehead atoms. The van der Waals surface area contributed by atoms with E-state index in [1.54, 1.807) is 0 Å². The van der Waals surface area contributed by atoms with Crippen LogP contribution in [0.1, 0.15) is 49.8 Å². The minimum Gasteiger partial charge on any atom is -0.356 e. The van der Waals surface area contributed by atoms with Crippen molar-refractivity contribution < 1.29 is 4.79 Å². The van der Waals surface area contributed by atoms with Gasteiger partial charge < -0.3 is 11.1 Å². The van der Waals surface area contributed by atoms with Gasteiger partial charge in [0, 0.05) is 18.7 Å². The van der Waals surface area contributed by atoms with E-state index < -0.39 is 0 Å². The topological polar surface area (TPSA) is 83.8 Å². The van der Waals surface area contributed by atoms with Crippen molar-refractivity contribution in [2.75, 3.05) is 13.1 Å². The zero-order valence-corrected chi connectivity index (χ0v) is 11.9. The van der Waals surface area contributed by atoms with E-state index in [2.05, 4.69) is 15.5 Å². The van der Waals surface area contributed by atoms with Crippen molar-refractivity contribution in [3.63, 3.8) is 0 Å². The van der Waals surface area contributed by atoms with Crippen molar-refractivity contribution in [1.82, 2.24) is 15.5 Å². The van der Waals surface area contributed by atoms with E-state index in [-0.39, 0.29) is 5.91 Å². The summed E-state index contributed by atoms with van der Waals surface area (Å²) >= 11 is 0. The number of unbranched alkanes of at least 4 members (excludes halogenated alkanes) is 3. The summed E-state index contributed by atoms with van der Waals surface area (Å²) in [6.07, 6.45) is 8.66. The van der Waals surface area contributed by atoms with Crippen LogP contribution in [0.3, 0.4) is 0 Å². The van der Waals surface area contributed by atoms with Crippen LogP contribution in [0.2, 0.25) is 0 Å². The molecule has 1 aromatic heterocycles. The molecule has 0 unspecified atom stereocenters. The van der Waals surface area contributed by atoms with Gasteiger partial charge in [-0.15, -0.1) is 0 Å². The SMILES string of the molecule is Cc1[nH]ncc1CCCNC(=O)CCCCCCN. The number of nitrogens with one attached hydrogen (secondary N) is 2. The average Bonchev–Trinajstić information content (AvgIpc) is 2.80. The van der Waals surface area contributed by atoms with Crippen molar-refractivity contribution in [2.24, 2.45) is 5.73 Å². The molecule has 0 saturated carbocycles. The molecule has 5 heteroatoms. The van der Waals surface area contributed by atoms with Gasteiger partial charge >= 0.3 is 0 Å². The van der Waals surface area contributed by atoms with Gasteiger partial charge in [-0.2, -0.15) is 5.10 Å². The van der Waals surface area contributed by atoms with Gasteiger partial charge in [0.2, 0.25) is 5.91 Å². The lowest BCUT2D eigenvalue weighted by Crippen LogP contribution is -2.24. The number of hydrogen-bond acceptors (Lipinski definition) is 3. The van der Waals surface area contributed by atoms with Crippen LogP contribution in [0.5, 0.6) is 0 Å². The Bertz CT molecular complexity index is 362. The highest BCUT2D eigenvalue weighted by molar-refractivity contribution is 5.75. The third-order valence-electron chi connectivity index (χ3n) is 3.24. The second kappa shape index (κ2) is 9.55. The Morgan fingerprint density at radius 2 is 2.11 bits per heavy atom. The number of carbonyl (C=O) groups excluding carboxylic acids is 1. The van der Waals surface area contributed by atoms with Crippen LogP contribution in [0.25, 0.3) is 0 Å². The monoisotopic (exact) mass is 266 g/mol. The minimum atomic E-state index is 0.164. The molecule has 1 heterocycles. The number of hydrogen-bond donors (Lipinski definition) is 3. The quantitative estimate of drug-likeness (QED) is 0.563. The molecule has 0 atom stereocenters. The van der Waals surface area contributed by atoms with Crippen LogP contribution in [0.15, 0.2) is 6.20 Å². The maximum absolute atomic E-state index is 11.5. The summed E-state index contributed by atoms with van der Waals surface area (Å²) in [5.41, 5.74) is 7.77. The Hall–Kier alpha value is -1.36. The fourth-order valence-corrected chi connectivity index (χ4v) is 2.01. The van der Waals surface area contributed by atoms with Crippen LogP contribution in [-0.2, 0) is 11.2 Å². The summed E-state index contributed by atoms with van der Waals surface area (Å²) in [5, 5.41) is 9.86. The molecular formula is C14H26N4O. The van der Waals surface area contributed by atoms with E-state index in [0.29, 0.717) is 6.42 Å². The molecule has 0 saturated heterocycles. The lowest BCUT2D eigenvalue weighted by atomic mass is 10.1. The first-order valence-electron chi connectivity index (χ1n) is 7.19. The summed E-state index contributed by atoms with van der Waals surface area (Å²) < 4.78 is 0.